The molecular formula is C9H13ClN2O2. The van der Waals surface area contributed by atoms with Crippen LogP contribution in [-0.4, -0.2) is 12.6 Å². The number of esters is 1. The van der Waals surface area contributed by atoms with Crippen molar-refractivity contribution in [2.75, 3.05) is 12.0 Å². The molecule has 5 heteroatoms. The van der Waals surface area contributed by atoms with Crippen LogP contribution in [0.4, 0.5) is 5.69 Å². The van der Waals surface area contributed by atoms with E-state index in [9.17, 15) is 4.79 Å². The maximum absolute atomic E-state index is 11.2. The Labute approximate surface area is 88.8 Å². The third kappa shape index (κ3) is 3.24. The van der Waals surface area contributed by atoms with Gasteiger partial charge in [0.2, 0.25) is 0 Å². The Morgan fingerprint density at radius 3 is 2.86 bits per heavy atom. The summed E-state index contributed by atoms with van der Waals surface area (Å²) in [7, 11) is 0. The van der Waals surface area contributed by atoms with Crippen molar-refractivity contribution in [3.63, 3.8) is 0 Å². The van der Waals surface area contributed by atoms with Crippen LogP contribution in [0, 0.1) is 0 Å². The van der Waals surface area contributed by atoms with Gasteiger partial charge in [0.05, 0.1) is 12.2 Å². The van der Waals surface area contributed by atoms with Gasteiger partial charge in [-0.3, -0.25) is 5.84 Å². The molecule has 0 aliphatic heterocycles. The highest BCUT2D eigenvalue weighted by Gasteiger charge is 2.05. The molecule has 0 spiro atoms. The highest BCUT2D eigenvalue weighted by Crippen LogP contribution is 2.09. The van der Waals surface area contributed by atoms with Gasteiger partial charge in [-0.25, -0.2) is 4.79 Å². The molecule has 0 radical (unpaired) electrons. The molecule has 78 valence electrons. The monoisotopic (exact) mass is 216 g/mol. The van der Waals surface area contributed by atoms with Gasteiger partial charge in [0.25, 0.3) is 0 Å². The molecule has 1 aromatic rings. The lowest BCUT2D eigenvalue weighted by Gasteiger charge is -2.03. The van der Waals surface area contributed by atoms with E-state index in [4.69, 9.17) is 10.6 Å². The second kappa shape index (κ2) is 6.23. The summed E-state index contributed by atoms with van der Waals surface area (Å²) in [5.41, 5.74) is 3.64. The van der Waals surface area contributed by atoms with Gasteiger partial charge >= 0.3 is 5.97 Å². The molecule has 0 saturated heterocycles. The number of hydrogen-bond acceptors (Lipinski definition) is 4. The minimum Gasteiger partial charge on any atom is -0.462 e. The molecule has 0 aliphatic carbocycles. The summed E-state index contributed by atoms with van der Waals surface area (Å²) in [6.45, 7) is 2.14. The van der Waals surface area contributed by atoms with Crippen LogP contribution >= 0.6 is 12.4 Å². The summed E-state index contributed by atoms with van der Waals surface area (Å²) in [4.78, 5) is 11.2. The number of nitrogens with two attached hydrogens (primary N) is 1. The summed E-state index contributed by atoms with van der Waals surface area (Å²) < 4.78 is 4.82. The van der Waals surface area contributed by atoms with Crippen LogP contribution < -0.4 is 11.3 Å². The summed E-state index contributed by atoms with van der Waals surface area (Å²) in [5, 5.41) is 0. The number of benzene rings is 1. The summed E-state index contributed by atoms with van der Waals surface area (Å²) in [5.74, 6) is 4.86. The zero-order valence-electron chi connectivity index (χ0n) is 7.82. The maximum atomic E-state index is 11.2. The first-order valence-electron chi connectivity index (χ1n) is 4.01. The zero-order chi connectivity index (χ0) is 9.68. The fraction of sp³-hybridized carbons (Fsp3) is 0.222. The van der Waals surface area contributed by atoms with Crippen LogP contribution in [0.2, 0.25) is 0 Å². The van der Waals surface area contributed by atoms with Crippen molar-refractivity contribution in [2.45, 2.75) is 6.92 Å². The van der Waals surface area contributed by atoms with Crippen molar-refractivity contribution in [1.29, 1.82) is 0 Å². The topological polar surface area (TPSA) is 64.3 Å². The van der Waals surface area contributed by atoms with Crippen molar-refractivity contribution in [2.24, 2.45) is 5.84 Å². The third-order valence-corrected chi connectivity index (χ3v) is 1.54. The molecule has 0 atom stereocenters. The number of carbonyl (C=O) groups excluding carboxylic acids is 1. The van der Waals surface area contributed by atoms with Crippen LogP contribution in [0.15, 0.2) is 24.3 Å². The zero-order valence-corrected chi connectivity index (χ0v) is 8.64. The Balaban J connectivity index is 0.00000169. The molecule has 0 aliphatic rings. The first-order valence-corrected chi connectivity index (χ1v) is 4.01. The maximum Gasteiger partial charge on any atom is 0.338 e. The predicted octanol–water partition coefficient (Wildman–Crippen LogP) is 1.57. The Bertz CT molecular complexity index is 305. The Kier molecular flexibility index (Phi) is 5.67. The van der Waals surface area contributed by atoms with Gasteiger partial charge in [-0.2, -0.15) is 0 Å². The molecule has 14 heavy (non-hydrogen) atoms. The van der Waals surface area contributed by atoms with Gasteiger partial charge in [-0.15, -0.1) is 12.4 Å². The summed E-state index contributed by atoms with van der Waals surface area (Å²) >= 11 is 0. The highest BCUT2D eigenvalue weighted by molar-refractivity contribution is 5.90. The van der Waals surface area contributed by atoms with Crippen LogP contribution in [-0.2, 0) is 4.74 Å². The predicted molar refractivity (Wildman–Crippen MR) is 57.5 cm³/mol. The van der Waals surface area contributed by atoms with E-state index in [1.807, 2.05) is 0 Å². The normalized spacial score (nSPS) is 8.71. The summed E-state index contributed by atoms with van der Waals surface area (Å²) in [6, 6.07) is 6.82. The third-order valence-electron chi connectivity index (χ3n) is 1.54. The Morgan fingerprint density at radius 1 is 1.57 bits per heavy atom. The molecule has 0 fully saturated rings. The number of hydrogen-bond donors (Lipinski definition) is 2. The van der Waals surface area contributed by atoms with Gasteiger partial charge in [0, 0.05) is 5.69 Å². The van der Waals surface area contributed by atoms with E-state index in [0.717, 1.165) is 0 Å². The smallest absolute Gasteiger partial charge is 0.338 e. The number of rotatable bonds is 3. The van der Waals surface area contributed by atoms with E-state index in [0.29, 0.717) is 17.9 Å². The molecule has 0 aromatic heterocycles. The number of halogens is 1. The highest BCUT2D eigenvalue weighted by atomic mass is 35.5. The van der Waals surface area contributed by atoms with Crippen LogP contribution in [0.3, 0.4) is 0 Å². The number of hydrazine groups is 1. The van der Waals surface area contributed by atoms with E-state index >= 15 is 0 Å². The van der Waals surface area contributed by atoms with Gasteiger partial charge in [0.1, 0.15) is 0 Å². The van der Waals surface area contributed by atoms with Crippen LogP contribution in [0.5, 0.6) is 0 Å². The van der Waals surface area contributed by atoms with Crippen molar-refractivity contribution in [1.82, 2.24) is 0 Å². The quantitative estimate of drug-likeness (QED) is 0.457. The first-order chi connectivity index (χ1) is 6.27. The lowest BCUT2D eigenvalue weighted by Crippen LogP contribution is -2.09. The van der Waals surface area contributed by atoms with Crippen LogP contribution in [0.1, 0.15) is 17.3 Å². The second-order valence-electron chi connectivity index (χ2n) is 2.45. The molecule has 3 N–H and O–H groups in total. The SMILES string of the molecule is CCOC(=O)c1cccc(NN)c1.Cl. The molecule has 0 unspecified atom stereocenters. The van der Waals surface area contributed by atoms with Crippen molar-refractivity contribution in [3.05, 3.63) is 29.8 Å². The van der Waals surface area contributed by atoms with Gasteiger partial charge < -0.3 is 10.2 Å². The van der Waals surface area contributed by atoms with Gasteiger partial charge in [0.15, 0.2) is 0 Å². The average molecular weight is 217 g/mol. The largest absolute Gasteiger partial charge is 0.462 e. The van der Waals surface area contributed by atoms with Crippen molar-refractivity contribution in [3.8, 4) is 0 Å². The van der Waals surface area contributed by atoms with Gasteiger partial charge in [-0.1, -0.05) is 6.07 Å². The molecule has 0 bridgehead atoms. The lowest BCUT2D eigenvalue weighted by atomic mass is 10.2. The molecule has 1 aromatic carbocycles. The van der Waals surface area contributed by atoms with Gasteiger partial charge in [-0.05, 0) is 25.1 Å². The molecular weight excluding hydrogens is 204 g/mol. The number of carbonyl (C=O) groups is 1. The number of nitrogen functional groups attached to an aromatic ring is 1. The van der Waals surface area contributed by atoms with E-state index in [1.54, 1.807) is 31.2 Å². The fourth-order valence-corrected chi connectivity index (χ4v) is 0.950. The molecule has 0 amide bonds. The Morgan fingerprint density at radius 2 is 2.29 bits per heavy atom. The van der Waals surface area contributed by atoms with Crippen molar-refractivity contribution >= 4 is 24.1 Å². The summed E-state index contributed by atoms with van der Waals surface area (Å²) in [6.07, 6.45) is 0. The average Bonchev–Trinajstić information content (AvgIpc) is 2.18. The van der Waals surface area contributed by atoms with E-state index in [1.165, 1.54) is 0 Å². The minimum atomic E-state index is -0.334. The van der Waals surface area contributed by atoms with E-state index < -0.39 is 0 Å². The molecule has 4 nitrogen and oxygen atoms in total. The number of nitrogens with one attached hydrogen (secondary N) is 1. The Hall–Kier alpha value is -1.26. The van der Waals surface area contributed by atoms with E-state index in [2.05, 4.69) is 5.43 Å². The minimum absolute atomic E-state index is 0. The second-order valence-corrected chi connectivity index (χ2v) is 2.45. The molecule has 0 heterocycles. The van der Waals surface area contributed by atoms with Crippen molar-refractivity contribution < 1.29 is 9.53 Å². The lowest BCUT2D eigenvalue weighted by molar-refractivity contribution is 0.0526. The molecule has 0 saturated carbocycles. The van der Waals surface area contributed by atoms with Crippen LogP contribution in [0.25, 0.3) is 0 Å². The standard InChI is InChI=1S/C9H12N2O2.ClH/c1-2-13-9(12)7-4-3-5-8(6-7)11-10;/h3-6,11H,2,10H2,1H3;1H. The first kappa shape index (κ1) is 12.7. The number of anilines is 1. The molecule has 1 rings (SSSR count). The van der Waals surface area contributed by atoms with E-state index in [-0.39, 0.29) is 18.4 Å². The number of ether oxygens (including phenoxy) is 1. The fourth-order valence-electron chi connectivity index (χ4n) is 0.950.